The number of hydrogen-bond donors (Lipinski definition) is 2. The summed E-state index contributed by atoms with van der Waals surface area (Å²) in [6.07, 6.45) is 0. The summed E-state index contributed by atoms with van der Waals surface area (Å²) in [5.74, 6) is 1.23. The Kier molecular flexibility index (Phi) is 5.03. The van der Waals surface area contributed by atoms with Crippen LogP contribution in [0.1, 0.15) is 37.8 Å². The predicted octanol–water partition coefficient (Wildman–Crippen LogP) is 3.72. The van der Waals surface area contributed by atoms with Gasteiger partial charge >= 0.3 is 0 Å². The molecule has 0 spiro atoms. The van der Waals surface area contributed by atoms with Crippen molar-refractivity contribution < 1.29 is 4.74 Å². The van der Waals surface area contributed by atoms with Gasteiger partial charge in [0, 0.05) is 10.9 Å². The van der Waals surface area contributed by atoms with Gasteiger partial charge in [-0.25, -0.2) is 0 Å². The molecule has 0 aliphatic rings. The molecule has 18 heavy (non-hydrogen) atoms. The zero-order valence-electron chi connectivity index (χ0n) is 11.4. The van der Waals surface area contributed by atoms with Crippen molar-refractivity contribution in [1.82, 2.24) is 0 Å². The third-order valence-corrected chi connectivity index (χ3v) is 3.26. The first kappa shape index (κ1) is 14.8. The number of aryl methyl sites for hydroxylation is 1. The fraction of sp³-hybridized carbons (Fsp3) is 0.500. The Morgan fingerprint density at radius 1 is 1.39 bits per heavy atom. The van der Waals surface area contributed by atoms with Crippen molar-refractivity contribution in [2.45, 2.75) is 33.6 Å². The Morgan fingerprint density at radius 3 is 2.50 bits per heavy atom. The minimum Gasteiger partial charge on any atom is -0.493 e. The molecule has 0 aromatic heterocycles. The highest BCUT2D eigenvalue weighted by molar-refractivity contribution is 6.31. The smallest absolute Gasteiger partial charge is 0.122 e. The molecule has 0 saturated carbocycles. The Hall–Kier alpha value is -1.22. The van der Waals surface area contributed by atoms with Crippen LogP contribution in [0.2, 0.25) is 5.02 Å². The summed E-state index contributed by atoms with van der Waals surface area (Å²) in [6.45, 7) is 8.44. The number of nitrogens with one attached hydrogen (secondary N) is 1. The van der Waals surface area contributed by atoms with E-state index in [1.807, 2.05) is 26.0 Å². The molecule has 0 saturated heterocycles. The van der Waals surface area contributed by atoms with Crippen LogP contribution in [0.5, 0.6) is 5.75 Å². The molecule has 0 aliphatic carbocycles. The van der Waals surface area contributed by atoms with E-state index >= 15 is 0 Å². The zero-order valence-corrected chi connectivity index (χ0v) is 12.1. The Balaban J connectivity index is 2.89. The van der Waals surface area contributed by atoms with Gasteiger partial charge in [-0.2, -0.15) is 0 Å². The minimum absolute atomic E-state index is 0.0809. The summed E-state index contributed by atoms with van der Waals surface area (Å²) in [5.41, 5.74) is 7.50. The maximum Gasteiger partial charge on any atom is 0.122 e. The van der Waals surface area contributed by atoms with E-state index in [1.165, 1.54) is 0 Å². The lowest BCUT2D eigenvalue weighted by Crippen LogP contribution is -2.25. The average molecular weight is 269 g/mol. The van der Waals surface area contributed by atoms with Crippen LogP contribution in [0.15, 0.2) is 12.1 Å². The average Bonchev–Trinajstić information content (AvgIpc) is 2.26. The lowest BCUT2D eigenvalue weighted by Gasteiger charge is -2.16. The van der Waals surface area contributed by atoms with E-state index in [9.17, 15) is 0 Å². The minimum atomic E-state index is -0.0809. The number of ether oxygens (including phenoxy) is 1. The third kappa shape index (κ3) is 3.64. The van der Waals surface area contributed by atoms with Gasteiger partial charge in [0.15, 0.2) is 0 Å². The molecule has 3 nitrogen and oxygen atoms in total. The van der Waals surface area contributed by atoms with Crippen LogP contribution in [-0.2, 0) is 0 Å². The molecular weight excluding hydrogens is 248 g/mol. The van der Waals surface area contributed by atoms with E-state index in [0.717, 1.165) is 21.9 Å². The molecule has 100 valence electrons. The molecule has 0 radical (unpaired) electrons. The van der Waals surface area contributed by atoms with E-state index < -0.39 is 0 Å². The Morgan fingerprint density at radius 2 is 2.00 bits per heavy atom. The number of benzene rings is 1. The van der Waals surface area contributed by atoms with E-state index in [1.54, 1.807) is 0 Å². The van der Waals surface area contributed by atoms with Crippen LogP contribution in [0.3, 0.4) is 0 Å². The van der Waals surface area contributed by atoms with Crippen LogP contribution >= 0.6 is 11.6 Å². The molecule has 0 aliphatic heterocycles. The van der Waals surface area contributed by atoms with Crippen molar-refractivity contribution in [2.24, 2.45) is 11.7 Å². The first-order chi connectivity index (χ1) is 8.32. The van der Waals surface area contributed by atoms with Crippen LogP contribution in [0, 0.1) is 18.3 Å². The number of amidine groups is 1. The summed E-state index contributed by atoms with van der Waals surface area (Å²) in [6, 6.07) is 3.90. The molecule has 0 bridgehead atoms. The van der Waals surface area contributed by atoms with Crippen molar-refractivity contribution >= 4 is 17.4 Å². The summed E-state index contributed by atoms with van der Waals surface area (Å²) >= 11 is 6.20. The van der Waals surface area contributed by atoms with Crippen LogP contribution in [-0.4, -0.2) is 12.4 Å². The number of nitrogens with two attached hydrogens (primary N) is 1. The number of rotatable bonds is 5. The van der Waals surface area contributed by atoms with Gasteiger partial charge in [0.2, 0.25) is 0 Å². The highest BCUT2D eigenvalue weighted by Gasteiger charge is 2.12. The van der Waals surface area contributed by atoms with Crippen molar-refractivity contribution in [1.29, 1.82) is 5.41 Å². The largest absolute Gasteiger partial charge is 0.493 e. The summed E-state index contributed by atoms with van der Waals surface area (Å²) in [7, 11) is 0. The van der Waals surface area contributed by atoms with E-state index in [0.29, 0.717) is 12.5 Å². The highest BCUT2D eigenvalue weighted by atomic mass is 35.5. The molecule has 4 heteroatoms. The zero-order chi connectivity index (χ0) is 13.9. The maximum absolute atomic E-state index is 7.34. The fourth-order valence-electron chi connectivity index (χ4n) is 1.57. The van der Waals surface area contributed by atoms with Gasteiger partial charge in [-0.05, 0) is 36.1 Å². The van der Waals surface area contributed by atoms with Gasteiger partial charge in [0.05, 0.1) is 12.4 Å². The first-order valence-electron chi connectivity index (χ1n) is 6.09. The molecule has 0 fully saturated rings. The topological polar surface area (TPSA) is 59.1 Å². The molecule has 0 amide bonds. The summed E-state index contributed by atoms with van der Waals surface area (Å²) in [4.78, 5) is 0. The quantitative estimate of drug-likeness (QED) is 0.632. The molecule has 1 aromatic rings. The third-order valence-electron chi connectivity index (χ3n) is 2.94. The van der Waals surface area contributed by atoms with Crippen LogP contribution in [0.4, 0.5) is 0 Å². The van der Waals surface area contributed by atoms with Crippen molar-refractivity contribution in [3.63, 3.8) is 0 Å². The van der Waals surface area contributed by atoms with Crippen LogP contribution < -0.4 is 10.5 Å². The van der Waals surface area contributed by atoms with E-state index in [2.05, 4.69) is 13.8 Å². The highest BCUT2D eigenvalue weighted by Crippen LogP contribution is 2.31. The molecule has 1 atom stereocenters. The SMILES string of the molecule is Cc1cc(Cl)c(C(C)C)cc1OCC(C)C(=N)N. The normalized spacial score (nSPS) is 12.6. The second-order valence-corrected chi connectivity index (χ2v) is 5.37. The monoisotopic (exact) mass is 268 g/mol. The molecule has 1 unspecified atom stereocenters. The summed E-state index contributed by atoms with van der Waals surface area (Å²) < 4.78 is 5.73. The lowest BCUT2D eigenvalue weighted by atomic mass is 10.0. The van der Waals surface area contributed by atoms with Crippen molar-refractivity contribution in [2.75, 3.05) is 6.61 Å². The van der Waals surface area contributed by atoms with Crippen molar-refractivity contribution in [3.8, 4) is 5.75 Å². The predicted molar refractivity (Wildman–Crippen MR) is 76.9 cm³/mol. The molecule has 0 heterocycles. The molecule has 1 aromatic carbocycles. The van der Waals surface area contributed by atoms with Gasteiger partial charge in [-0.3, -0.25) is 5.41 Å². The van der Waals surface area contributed by atoms with E-state index in [-0.39, 0.29) is 11.8 Å². The Labute approximate surface area is 114 Å². The van der Waals surface area contributed by atoms with Gasteiger partial charge in [-0.1, -0.05) is 32.4 Å². The maximum atomic E-state index is 7.34. The van der Waals surface area contributed by atoms with Crippen molar-refractivity contribution in [3.05, 3.63) is 28.3 Å². The lowest BCUT2D eigenvalue weighted by molar-refractivity contribution is 0.289. The van der Waals surface area contributed by atoms with Gasteiger partial charge in [-0.15, -0.1) is 0 Å². The molecule has 1 rings (SSSR count). The standard InChI is InChI=1S/C14H21ClN2O/c1-8(2)11-6-13(9(3)5-12(11)15)18-7-10(4)14(16)17/h5-6,8,10H,7H2,1-4H3,(H3,16,17). The second-order valence-electron chi connectivity index (χ2n) is 4.96. The van der Waals surface area contributed by atoms with Gasteiger partial charge < -0.3 is 10.5 Å². The number of halogens is 1. The Bertz CT molecular complexity index is 444. The molecule has 3 N–H and O–H groups in total. The van der Waals surface area contributed by atoms with Gasteiger partial charge in [0.25, 0.3) is 0 Å². The van der Waals surface area contributed by atoms with E-state index in [4.69, 9.17) is 27.5 Å². The second kappa shape index (κ2) is 6.10. The first-order valence-corrected chi connectivity index (χ1v) is 6.47. The summed E-state index contributed by atoms with van der Waals surface area (Å²) in [5, 5.41) is 8.11. The fourth-order valence-corrected chi connectivity index (χ4v) is 2.01. The van der Waals surface area contributed by atoms with Crippen LogP contribution in [0.25, 0.3) is 0 Å². The number of hydrogen-bond acceptors (Lipinski definition) is 2. The molecular formula is C14H21ClN2O. The van der Waals surface area contributed by atoms with Gasteiger partial charge in [0.1, 0.15) is 5.75 Å².